The summed E-state index contributed by atoms with van der Waals surface area (Å²) in [6.45, 7) is 0. The van der Waals surface area contributed by atoms with E-state index in [1.54, 1.807) is 12.1 Å². The molecule has 2 aromatic carbocycles. The van der Waals surface area contributed by atoms with Crippen LogP contribution in [0.25, 0.3) is 11.0 Å². The molecule has 0 saturated heterocycles. The molecule has 0 radical (unpaired) electrons. The molecule has 30 heavy (non-hydrogen) atoms. The first-order valence-electron chi connectivity index (χ1n) is 9.84. The van der Waals surface area contributed by atoms with Crippen molar-refractivity contribution in [3.8, 4) is 5.75 Å². The number of carbonyl (C=O) groups is 1. The van der Waals surface area contributed by atoms with Crippen molar-refractivity contribution in [3.63, 3.8) is 0 Å². The van der Waals surface area contributed by atoms with Crippen LogP contribution in [-0.4, -0.2) is 21.4 Å². The van der Waals surface area contributed by atoms with Gasteiger partial charge in [0.05, 0.1) is 12.5 Å². The lowest BCUT2D eigenvalue weighted by Crippen LogP contribution is -2.30. The molecule has 2 aliphatic carbocycles. The third-order valence-corrected chi connectivity index (χ3v) is 6.99. The first-order chi connectivity index (χ1) is 14.4. The summed E-state index contributed by atoms with van der Waals surface area (Å²) in [5.41, 5.74) is 1.95. The number of benzene rings is 2. The second-order valence-electron chi connectivity index (χ2n) is 7.92. The van der Waals surface area contributed by atoms with E-state index in [0.29, 0.717) is 11.8 Å². The van der Waals surface area contributed by atoms with Gasteiger partial charge in [0.1, 0.15) is 22.0 Å². The predicted octanol–water partition coefficient (Wildman–Crippen LogP) is 4.45. The van der Waals surface area contributed by atoms with E-state index >= 15 is 0 Å². The number of fused-ring (bicyclic) bond motifs is 1. The van der Waals surface area contributed by atoms with Gasteiger partial charge in [0.15, 0.2) is 5.76 Å². The molecule has 1 amide bonds. The SMILES string of the molecule is COc1ccc(C2CC2)cc1S(=O)(=O)NC(=O)c1cc2c(F)cc(C3CC3)cc2o1. The standard InChI is InChI=1S/C22H20FNO5S/c1-28-18-7-6-14(12-2-3-12)10-21(18)30(26,27)24-22(25)20-11-16-17(23)8-15(13-4-5-13)9-19(16)29-20/h6-13H,2-5H2,1H3,(H,24,25). The number of ether oxygens (including phenoxy) is 1. The van der Waals surface area contributed by atoms with E-state index in [0.717, 1.165) is 36.8 Å². The van der Waals surface area contributed by atoms with Gasteiger partial charge in [-0.2, -0.15) is 0 Å². The zero-order chi connectivity index (χ0) is 21.0. The maximum absolute atomic E-state index is 14.4. The van der Waals surface area contributed by atoms with Gasteiger partial charge < -0.3 is 9.15 Å². The number of furan rings is 1. The minimum Gasteiger partial charge on any atom is -0.495 e. The van der Waals surface area contributed by atoms with E-state index in [9.17, 15) is 17.6 Å². The first-order valence-corrected chi connectivity index (χ1v) is 11.3. The highest BCUT2D eigenvalue weighted by Crippen LogP contribution is 2.43. The van der Waals surface area contributed by atoms with Crippen molar-refractivity contribution >= 4 is 26.9 Å². The van der Waals surface area contributed by atoms with E-state index in [2.05, 4.69) is 0 Å². The topological polar surface area (TPSA) is 85.6 Å². The van der Waals surface area contributed by atoms with Crippen LogP contribution in [0.1, 0.15) is 59.2 Å². The van der Waals surface area contributed by atoms with Crippen molar-refractivity contribution in [1.29, 1.82) is 0 Å². The Morgan fingerprint density at radius 2 is 1.77 bits per heavy atom. The van der Waals surface area contributed by atoms with Crippen LogP contribution in [0.3, 0.4) is 0 Å². The Morgan fingerprint density at radius 1 is 1.07 bits per heavy atom. The molecule has 1 N–H and O–H groups in total. The molecule has 156 valence electrons. The van der Waals surface area contributed by atoms with Gasteiger partial charge in [0.2, 0.25) is 0 Å². The van der Waals surface area contributed by atoms with Crippen LogP contribution in [0.5, 0.6) is 5.75 Å². The number of hydrogen-bond donors (Lipinski definition) is 1. The highest BCUT2D eigenvalue weighted by Gasteiger charge is 2.30. The molecule has 8 heteroatoms. The number of amides is 1. The number of sulfonamides is 1. The Labute approximate surface area is 173 Å². The fourth-order valence-corrected chi connectivity index (χ4v) is 4.84. The summed E-state index contributed by atoms with van der Waals surface area (Å²) in [6, 6.07) is 9.33. The number of nitrogens with one attached hydrogen (secondary N) is 1. The van der Waals surface area contributed by atoms with Gasteiger partial charge in [0, 0.05) is 6.07 Å². The molecule has 6 nitrogen and oxygen atoms in total. The molecule has 0 atom stereocenters. The van der Waals surface area contributed by atoms with Crippen molar-refractivity contribution in [1.82, 2.24) is 4.72 Å². The van der Waals surface area contributed by atoms with Crippen LogP contribution in [0, 0.1) is 5.82 Å². The van der Waals surface area contributed by atoms with Gasteiger partial charge in [-0.1, -0.05) is 6.07 Å². The molecular weight excluding hydrogens is 409 g/mol. The number of carbonyl (C=O) groups excluding carboxylic acids is 1. The normalized spacial score (nSPS) is 16.6. The summed E-state index contributed by atoms with van der Waals surface area (Å²) in [6.07, 6.45) is 4.01. The zero-order valence-electron chi connectivity index (χ0n) is 16.3. The predicted molar refractivity (Wildman–Crippen MR) is 108 cm³/mol. The minimum absolute atomic E-state index is 0.110. The van der Waals surface area contributed by atoms with E-state index in [1.807, 2.05) is 10.8 Å². The first kappa shape index (κ1) is 19.1. The van der Waals surface area contributed by atoms with Crippen LogP contribution < -0.4 is 9.46 Å². The number of rotatable bonds is 6. The Balaban J connectivity index is 1.46. The molecule has 0 aliphatic heterocycles. The monoisotopic (exact) mass is 429 g/mol. The summed E-state index contributed by atoms with van der Waals surface area (Å²) in [5.74, 6) is -0.920. The fourth-order valence-electron chi connectivity index (χ4n) is 3.68. The molecular formula is C22H20FNO5S. The van der Waals surface area contributed by atoms with Crippen molar-refractivity contribution in [3.05, 3.63) is 59.1 Å². The highest BCUT2D eigenvalue weighted by atomic mass is 32.2. The maximum Gasteiger partial charge on any atom is 0.300 e. The van der Waals surface area contributed by atoms with Crippen LogP contribution in [-0.2, 0) is 10.0 Å². The van der Waals surface area contributed by atoms with Crippen molar-refractivity contribution in [2.45, 2.75) is 42.4 Å². The summed E-state index contributed by atoms with van der Waals surface area (Å²) in [5, 5.41) is 0.148. The van der Waals surface area contributed by atoms with Gasteiger partial charge in [-0.3, -0.25) is 4.79 Å². The summed E-state index contributed by atoms with van der Waals surface area (Å²) in [7, 11) is -2.85. The molecule has 2 fully saturated rings. The second kappa shape index (κ2) is 6.84. The summed E-state index contributed by atoms with van der Waals surface area (Å²) in [4.78, 5) is 12.5. The van der Waals surface area contributed by atoms with Crippen LogP contribution >= 0.6 is 0 Å². The molecule has 2 saturated carbocycles. The Morgan fingerprint density at radius 3 is 2.43 bits per heavy atom. The molecule has 1 heterocycles. The average molecular weight is 429 g/mol. The van der Waals surface area contributed by atoms with Crippen LogP contribution in [0.4, 0.5) is 4.39 Å². The van der Waals surface area contributed by atoms with E-state index in [-0.39, 0.29) is 27.4 Å². The molecule has 3 aromatic rings. The van der Waals surface area contributed by atoms with Gasteiger partial charge >= 0.3 is 5.91 Å². The van der Waals surface area contributed by atoms with Crippen molar-refractivity contribution in [2.24, 2.45) is 0 Å². The van der Waals surface area contributed by atoms with Crippen LogP contribution in [0.15, 0.2) is 45.7 Å². The number of methoxy groups -OCH3 is 1. The lowest BCUT2D eigenvalue weighted by atomic mass is 10.1. The Hall–Kier alpha value is -2.87. The molecule has 2 aliphatic rings. The lowest BCUT2D eigenvalue weighted by Gasteiger charge is -2.11. The average Bonchev–Trinajstić information content (AvgIpc) is 3.63. The van der Waals surface area contributed by atoms with E-state index in [4.69, 9.17) is 9.15 Å². The zero-order valence-corrected chi connectivity index (χ0v) is 17.1. The molecule has 0 spiro atoms. The maximum atomic E-state index is 14.4. The lowest BCUT2D eigenvalue weighted by molar-refractivity contribution is 0.0956. The summed E-state index contributed by atoms with van der Waals surface area (Å²) >= 11 is 0. The minimum atomic E-state index is -4.22. The number of hydrogen-bond acceptors (Lipinski definition) is 5. The number of halogens is 1. The molecule has 0 unspecified atom stereocenters. The molecule has 1 aromatic heterocycles. The van der Waals surface area contributed by atoms with Crippen molar-refractivity contribution < 1.29 is 26.8 Å². The summed E-state index contributed by atoms with van der Waals surface area (Å²) < 4.78 is 52.9. The largest absolute Gasteiger partial charge is 0.495 e. The van der Waals surface area contributed by atoms with Gasteiger partial charge in [-0.15, -0.1) is 0 Å². The Bertz CT molecular complexity index is 1270. The van der Waals surface area contributed by atoms with Crippen LogP contribution in [0.2, 0.25) is 0 Å². The fraction of sp³-hybridized carbons (Fsp3) is 0.318. The van der Waals surface area contributed by atoms with E-state index in [1.165, 1.54) is 25.3 Å². The van der Waals surface area contributed by atoms with Gasteiger partial charge in [0.25, 0.3) is 10.0 Å². The smallest absolute Gasteiger partial charge is 0.300 e. The van der Waals surface area contributed by atoms with E-state index < -0.39 is 21.7 Å². The second-order valence-corrected chi connectivity index (χ2v) is 9.57. The van der Waals surface area contributed by atoms with Crippen molar-refractivity contribution in [2.75, 3.05) is 7.11 Å². The third-order valence-electron chi connectivity index (χ3n) is 5.63. The van der Waals surface area contributed by atoms with Gasteiger partial charge in [-0.25, -0.2) is 17.5 Å². The quantitative estimate of drug-likeness (QED) is 0.626. The molecule has 0 bridgehead atoms. The molecule has 5 rings (SSSR count). The highest BCUT2D eigenvalue weighted by molar-refractivity contribution is 7.90. The van der Waals surface area contributed by atoms with Gasteiger partial charge in [-0.05, 0) is 72.9 Å². The Kier molecular flexibility index (Phi) is 4.36. The third kappa shape index (κ3) is 3.45.